The van der Waals surface area contributed by atoms with Crippen LogP contribution < -0.4 is 5.11 Å². The van der Waals surface area contributed by atoms with Crippen molar-refractivity contribution in [3.05, 3.63) is 182 Å². The van der Waals surface area contributed by atoms with Crippen LogP contribution >= 0.6 is 0 Å². The monoisotopic (exact) mass is 1480 g/mol. The van der Waals surface area contributed by atoms with E-state index in [-0.39, 0.29) is 38.6 Å². The average molecular weight is 1480 g/mol. The molecule has 0 rings (SSSR count). The van der Waals surface area contributed by atoms with Gasteiger partial charge in [0, 0.05) is 12.8 Å². The molecule has 0 N–H and O–H groups in total. The maximum Gasteiger partial charge on any atom is 0.306 e. The lowest BCUT2D eigenvalue weighted by Crippen LogP contribution is -2.44. The molecule has 0 spiro atoms. The van der Waals surface area contributed by atoms with Gasteiger partial charge in [-0.05, 0) is 135 Å². The van der Waals surface area contributed by atoms with Crippen molar-refractivity contribution in [3.8, 4) is 0 Å². The third-order valence-electron chi connectivity index (χ3n) is 18.6. The number of carboxylic acids is 1. The summed E-state index contributed by atoms with van der Waals surface area (Å²) < 4.78 is 22.9. The van der Waals surface area contributed by atoms with Crippen molar-refractivity contribution in [2.75, 3.05) is 47.5 Å². The van der Waals surface area contributed by atoms with Crippen LogP contribution in [-0.2, 0) is 33.3 Å². The SMILES string of the molecule is CC/C=C\C/C=C\C/C=C\C/C=C\C/C=C\C/C=C\C/C=C\C/C=C\C/C=C\CCCCCCCCCCCCCCCC(=O)OC(COC(=O)CCCCCCCCCCCCCCCCCCCCCCCC/C=C\C/C=C\C/C=C\C/C=C\C/C=C\C/C=C\CC)COC(OCC[N+](C)(C)C)C(=O)[O-]. The highest BCUT2D eigenvalue weighted by Crippen LogP contribution is 2.19. The molecule has 608 valence electrons. The zero-order valence-corrected chi connectivity index (χ0v) is 69.7. The molecule has 9 nitrogen and oxygen atoms in total. The molecular weight excluding hydrogens is 1320 g/mol. The lowest BCUT2D eigenvalue weighted by Gasteiger charge is -2.26. The predicted molar refractivity (Wildman–Crippen MR) is 462 cm³/mol. The summed E-state index contributed by atoms with van der Waals surface area (Å²) in [6.07, 6.45) is 127. The smallest absolute Gasteiger partial charge is 0.306 e. The quantitative estimate of drug-likeness (QED) is 0.0195. The molecule has 0 aromatic carbocycles. The highest BCUT2D eigenvalue weighted by Gasteiger charge is 2.22. The number of hydrogen-bond acceptors (Lipinski definition) is 8. The third-order valence-corrected chi connectivity index (χ3v) is 18.6. The van der Waals surface area contributed by atoms with Crippen molar-refractivity contribution in [1.82, 2.24) is 0 Å². The highest BCUT2D eigenvalue weighted by atomic mass is 16.7. The third kappa shape index (κ3) is 87.5. The van der Waals surface area contributed by atoms with E-state index in [0.717, 1.165) is 135 Å². The summed E-state index contributed by atoms with van der Waals surface area (Å²) >= 11 is 0. The molecule has 2 atom stereocenters. The molecule has 0 radical (unpaired) electrons. The molecule has 0 saturated heterocycles. The van der Waals surface area contributed by atoms with Gasteiger partial charge in [0.1, 0.15) is 13.2 Å². The summed E-state index contributed by atoms with van der Waals surface area (Å²) in [5.41, 5.74) is 0. The van der Waals surface area contributed by atoms with E-state index in [1.807, 2.05) is 21.1 Å². The lowest BCUT2D eigenvalue weighted by molar-refractivity contribution is -0.870. The number of carbonyl (C=O) groups excluding carboxylic acids is 3. The summed E-state index contributed by atoms with van der Waals surface area (Å²) in [6, 6.07) is 0. The molecule has 2 unspecified atom stereocenters. The fourth-order valence-corrected chi connectivity index (χ4v) is 12.1. The number of rotatable bonds is 80. The molecule has 107 heavy (non-hydrogen) atoms. The number of likely N-dealkylation sites (N-methyl/N-ethyl adjacent to an activating group) is 1. The van der Waals surface area contributed by atoms with Gasteiger partial charge < -0.3 is 33.3 Å². The Morgan fingerprint density at radius 2 is 0.505 bits per heavy atom. The zero-order chi connectivity index (χ0) is 77.4. The van der Waals surface area contributed by atoms with Crippen molar-refractivity contribution in [3.63, 3.8) is 0 Å². The second-order valence-corrected chi connectivity index (χ2v) is 30.1. The summed E-state index contributed by atoms with van der Waals surface area (Å²) in [4.78, 5) is 37.7. The summed E-state index contributed by atoms with van der Waals surface area (Å²) in [6.45, 7) is 4.54. The number of esters is 2. The predicted octanol–water partition coefficient (Wildman–Crippen LogP) is 27.7. The molecule has 0 aliphatic heterocycles. The molecular formula is C98H163NO8. The number of quaternary nitrogens is 1. The Balaban J connectivity index is 4.01. The summed E-state index contributed by atoms with van der Waals surface area (Å²) in [5.74, 6) is -2.28. The minimum Gasteiger partial charge on any atom is -0.545 e. The largest absolute Gasteiger partial charge is 0.545 e. The molecule has 0 aliphatic rings. The molecule has 0 fully saturated rings. The van der Waals surface area contributed by atoms with Crippen LogP contribution in [-0.4, -0.2) is 82.3 Å². The Bertz CT molecular complexity index is 2430. The van der Waals surface area contributed by atoms with Gasteiger partial charge in [-0.15, -0.1) is 0 Å². The van der Waals surface area contributed by atoms with E-state index in [4.69, 9.17) is 18.9 Å². The fourth-order valence-electron chi connectivity index (χ4n) is 12.1. The number of carbonyl (C=O) groups is 3. The maximum absolute atomic E-state index is 13.0. The standard InChI is InChI=1S/C98H163NO8/c1-6-8-10-12-14-16-18-20-22-24-26-28-30-32-34-36-38-40-42-44-46-48-50-52-54-56-58-60-62-64-66-68-70-72-74-76-78-80-82-84-86-88-95(100)105-92-94(93-106-98(97(102)103)104-91-90-99(3,4)5)107-96(101)89-87-85-83-81-79-77-75-73-71-69-67-65-63-61-59-57-55-53-51-49-47-45-43-41-39-37-35-33-31-29-27-25-23-21-19-17-15-13-11-9-7-2/h8-11,14-17,20-23,26-29,32-35,38-41,45,47,51,53,57,59,94,98H,6-7,12-13,18-19,24-25,30-31,36-37,42-44,46,48-50,52,54-56,58,60-93H2,1-5H3/b10-8-,11-9-,16-14-,17-15-,22-20-,23-21-,28-26-,29-27-,34-32-,35-33-,40-38-,41-39-,47-45-,53-51-,59-57-. The summed E-state index contributed by atoms with van der Waals surface area (Å²) in [5, 5.41) is 11.9. The Morgan fingerprint density at radius 1 is 0.280 bits per heavy atom. The van der Waals surface area contributed by atoms with E-state index >= 15 is 0 Å². The van der Waals surface area contributed by atoms with Gasteiger partial charge >= 0.3 is 11.9 Å². The van der Waals surface area contributed by atoms with Crippen molar-refractivity contribution in [2.24, 2.45) is 0 Å². The molecule has 0 bridgehead atoms. The molecule has 0 aromatic rings. The number of unbranched alkanes of at least 4 members (excludes halogenated alkanes) is 35. The van der Waals surface area contributed by atoms with Crippen molar-refractivity contribution in [1.29, 1.82) is 0 Å². The van der Waals surface area contributed by atoms with Crippen molar-refractivity contribution in [2.45, 2.75) is 373 Å². The molecule has 0 amide bonds. The van der Waals surface area contributed by atoms with E-state index in [1.54, 1.807) is 0 Å². The highest BCUT2D eigenvalue weighted by molar-refractivity contribution is 5.70. The topological polar surface area (TPSA) is 111 Å². The van der Waals surface area contributed by atoms with Crippen LogP contribution in [0, 0.1) is 0 Å². The molecule has 0 saturated carbocycles. The number of hydrogen-bond donors (Lipinski definition) is 0. The first-order valence-electron chi connectivity index (χ1n) is 43.9. The number of carboxylic acid groups (broad SMARTS) is 1. The average Bonchev–Trinajstić information content (AvgIpc) is 0.965. The number of ether oxygens (including phenoxy) is 4. The van der Waals surface area contributed by atoms with Crippen molar-refractivity contribution < 1.29 is 42.9 Å². The number of allylic oxidation sites excluding steroid dienone is 30. The van der Waals surface area contributed by atoms with E-state index in [1.165, 1.54) is 193 Å². The Labute approximate surface area is 659 Å². The molecule has 9 heteroatoms. The van der Waals surface area contributed by atoms with Crippen LogP contribution in [0.1, 0.15) is 361 Å². The van der Waals surface area contributed by atoms with Crippen LogP contribution in [0.4, 0.5) is 0 Å². The second kappa shape index (κ2) is 86.0. The van der Waals surface area contributed by atoms with Crippen LogP contribution in [0.3, 0.4) is 0 Å². The minimum absolute atomic E-state index is 0.143. The van der Waals surface area contributed by atoms with E-state index in [2.05, 4.69) is 196 Å². The second-order valence-electron chi connectivity index (χ2n) is 30.1. The first-order chi connectivity index (χ1) is 52.6. The van der Waals surface area contributed by atoms with Gasteiger partial charge in [0.2, 0.25) is 0 Å². The van der Waals surface area contributed by atoms with E-state index < -0.39 is 24.3 Å². The van der Waals surface area contributed by atoms with Crippen LogP contribution in [0.5, 0.6) is 0 Å². The minimum atomic E-state index is -1.63. The first-order valence-corrected chi connectivity index (χ1v) is 43.9. The molecule has 0 aliphatic carbocycles. The number of aliphatic carboxylic acids is 1. The van der Waals surface area contributed by atoms with Crippen LogP contribution in [0.25, 0.3) is 0 Å². The van der Waals surface area contributed by atoms with Crippen molar-refractivity contribution >= 4 is 17.9 Å². The van der Waals surface area contributed by atoms with Gasteiger partial charge in [-0.1, -0.05) is 395 Å². The first kappa shape index (κ1) is 101. The van der Waals surface area contributed by atoms with Gasteiger partial charge in [-0.25, -0.2) is 0 Å². The van der Waals surface area contributed by atoms with Crippen LogP contribution in [0.15, 0.2) is 182 Å². The molecule has 0 heterocycles. The van der Waals surface area contributed by atoms with E-state index in [9.17, 15) is 19.5 Å². The number of nitrogens with zero attached hydrogens (tertiary/aromatic N) is 1. The normalized spacial score (nSPS) is 13.5. The fraction of sp³-hybridized carbons (Fsp3) is 0.663. The van der Waals surface area contributed by atoms with Gasteiger partial charge in [0.05, 0.1) is 40.3 Å². The zero-order valence-electron chi connectivity index (χ0n) is 69.7. The Hall–Kier alpha value is -5.61. The Morgan fingerprint density at radius 3 is 0.748 bits per heavy atom. The van der Waals surface area contributed by atoms with Crippen LogP contribution in [0.2, 0.25) is 0 Å². The maximum atomic E-state index is 13.0. The van der Waals surface area contributed by atoms with Gasteiger partial charge in [0.15, 0.2) is 12.4 Å². The summed E-state index contributed by atoms with van der Waals surface area (Å²) in [7, 11) is 5.94. The van der Waals surface area contributed by atoms with Gasteiger partial charge in [0.25, 0.3) is 0 Å². The van der Waals surface area contributed by atoms with E-state index in [0.29, 0.717) is 17.4 Å². The lowest BCUT2D eigenvalue weighted by atomic mass is 10.0. The van der Waals surface area contributed by atoms with Gasteiger partial charge in [-0.2, -0.15) is 0 Å². The molecule has 0 aromatic heterocycles. The Kier molecular flexibility index (Phi) is 81.5. The van der Waals surface area contributed by atoms with Gasteiger partial charge in [-0.3, -0.25) is 9.59 Å².